The first-order valence-electron chi connectivity index (χ1n) is 8.31. The third-order valence-electron chi connectivity index (χ3n) is 3.84. The molecule has 0 saturated heterocycles. The SMILES string of the molecule is CCC(=O)Nc1cc(C(=O)N(C)Cc2cccs2)nn1-c1ccccc1. The molecule has 0 unspecified atom stereocenters. The molecule has 2 heterocycles. The van der Waals surface area contributed by atoms with Crippen LogP contribution in [0.1, 0.15) is 28.7 Å². The largest absolute Gasteiger partial charge is 0.335 e. The highest BCUT2D eigenvalue weighted by molar-refractivity contribution is 7.09. The van der Waals surface area contributed by atoms with Crippen molar-refractivity contribution < 1.29 is 9.59 Å². The standard InChI is InChI=1S/C19H20N4O2S/c1-3-18(24)20-17-12-16(21-23(17)14-8-5-4-6-9-14)19(25)22(2)13-15-10-7-11-26-15/h4-12H,3,13H2,1-2H3,(H,20,24). The van der Waals surface area contributed by atoms with Gasteiger partial charge >= 0.3 is 0 Å². The van der Waals surface area contributed by atoms with Crippen molar-refractivity contribution in [2.75, 3.05) is 12.4 Å². The fraction of sp³-hybridized carbons (Fsp3) is 0.211. The summed E-state index contributed by atoms with van der Waals surface area (Å²) in [6, 6.07) is 15.0. The molecule has 0 fully saturated rings. The summed E-state index contributed by atoms with van der Waals surface area (Å²) < 4.78 is 1.58. The Labute approximate surface area is 156 Å². The summed E-state index contributed by atoms with van der Waals surface area (Å²) in [4.78, 5) is 27.3. The molecule has 0 aliphatic rings. The maximum atomic E-state index is 12.8. The molecule has 0 bridgehead atoms. The molecule has 1 aromatic carbocycles. The number of benzene rings is 1. The fourth-order valence-corrected chi connectivity index (χ4v) is 3.23. The first kappa shape index (κ1) is 17.9. The van der Waals surface area contributed by atoms with Crippen LogP contribution in [0.2, 0.25) is 0 Å². The van der Waals surface area contributed by atoms with Gasteiger partial charge in [0.15, 0.2) is 5.69 Å². The highest BCUT2D eigenvalue weighted by Gasteiger charge is 2.20. The zero-order valence-corrected chi connectivity index (χ0v) is 15.5. The van der Waals surface area contributed by atoms with E-state index in [0.717, 1.165) is 10.6 Å². The van der Waals surface area contributed by atoms with Gasteiger partial charge in [-0.15, -0.1) is 11.3 Å². The van der Waals surface area contributed by atoms with Crippen molar-refractivity contribution >= 4 is 29.0 Å². The molecular formula is C19H20N4O2S. The van der Waals surface area contributed by atoms with Crippen LogP contribution in [0.5, 0.6) is 0 Å². The van der Waals surface area contributed by atoms with E-state index >= 15 is 0 Å². The van der Waals surface area contributed by atoms with Crippen molar-refractivity contribution in [3.8, 4) is 5.69 Å². The van der Waals surface area contributed by atoms with Gasteiger partial charge in [-0.25, -0.2) is 4.68 Å². The van der Waals surface area contributed by atoms with Crippen LogP contribution < -0.4 is 5.32 Å². The molecule has 2 amide bonds. The Balaban J connectivity index is 1.89. The summed E-state index contributed by atoms with van der Waals surface area (Å²) in [6.07, 6.45) is 0.349. The van der Waals surface area contributed by atoms with E-state index in [1.807, 2.05) is 47.8 Å². The minimum absolute atomic E-state index is 0.131. The van der Waals surface area contributed by atoms with E-state index < -0.39 is 0 Å². The Hall–Kier alpha value is -2.93. The van der Waals surface area contributed by atoms with Gasteiger partial charge in [0.25, 0.3) is 5.91 Å². The van der Waals surface area contributed by atoms with Gasteiger partial charge < -0.3 is 10.2 Å². The Morgan fingerprint density at radius 2 is 1.96 bits per heavy atom. The van der Waals surface area contributed by atoms with Gasteiger partial charge in [-0.2, -0.15) is 5.10 Å². The molecule has 6 nitrogen and oxygen atoms in total. The number of anilines is 1. The third kappa shape index (κ3) is 4.00. The van der Waals surface area contributed by atoms with Gasteiger partial charge in [-0.1, -0.05) is 31.2 Å². The summed E-state index contributed by atoms with van der Waals surface area (Å²) in [6.45, 7) is 2.30. The van der Waals surface area contributed by atoms with Crippen LogP contribution in [0, 0.1) is 0 Å². The van der Waals surface area contributed by atoms with E-state index in [2.05, 4.69) is 10.4 Å². The Morgan fingerprint density at radius 3 is 2.62 bits per heavy atom. The van der Waals surface area contributed by atoms with Gasteiger partial charge in [0, 0.05) is 24.4 Å². The summed E-state index contributed by atoms with van der Waals surface area (Å²) in [5.41, 5.74) is 1.07. The van der Waals surface area contributed by atoms with Crippen LogP contribution in [0.25, 0.3) is 5.69 Å². The molecule has 2 aromatic heterocycles. The number of rotatable bonds is 6. The molecule has 0 aliphatic carbocycles. The van der Waals surface area contributed by atoms with Gasteiger partial charge in [-0.05, 0) is 23.6 Å². The van der Waals surface area contributed by atoms with Crippen molar-refractivity contribution in [1.82, 2.24) is 14.7 Å². The van der Waals surface area contributed by atoms with Crippen LogP contribution in [0.3, 0.4) is 0 Å². The quantitative estimate of drug-likeness (QED) is 0.723. The van der Waals surface area contributed by atoms with Gasteiger partial charge in [0.1, 0.15) is 5.82 Å². The molecule has 0 atom stereocenters. The first-order valence-corrected chi connectivity index (χ1v) is 9.19. The van der Waals surface area contributed by atoms with E-state index in [0.29, 0.717) is 24.5 Å². The highest BCUT2D eigenvalue weighted by atomic mass is 32.1. The monoisotopic (exact) mass is 368 g/mol. The second kappa shape index (κ2) is 7.97. The van der Waals surface area contributed by atoms with Crippen LogP contribution in [-0.4, -0.2) is 33.5 Å². The second-order valence-electron chi connectivity index (χ2n) is 5.80. The fourth-order valence-electron chi connectivity index (χ4n) is 2.48. The first-order chi connectivity index (χ1) is 12.6. The predicted octanol–water partition coefficient (Wildman–Crippen LogP) is 3.55. The van der Waals surface area contributed by atoms with E-state index in [9.17, 15) is 9.59 Å². The molecule has 26 heavy (non-hydrogen) atoms. The molecule has 0 aliphatic heterocycles. The van der Waals surface area contributed by atoms with Crippen molar-refractivity contribution in [1.29, 1.82) is 0 Å². The number of carbonyl (C=O) groups is 2. The molecule has 3 aromatic rings. The zero-order valence-electron chi connectivity index (χ0n) is 14.7. The molecular weight excluding hydrogens is 348 g/mol. The number of hydrogen-bond acceptors (Lipinski definition) is 4. The number of thiophene rings is 1. The number of amides is 2. The molecule has 0 radical (unpaired) electrons. The maximum absolute atomic E-state index is 12.8. The van der Waals surface area contributed by atoms with Crippen LogP contribution in [0.15, 0.2) is 53.9 Å². The second-order valence-corrected chi connectivity index (χ2v) is 6.84. The van der Waals surface area contributed by atoms with Gasteiger partial charge in [0.05, 0.1) is 12.2 Å². The predicted molar refractivity (Wildman–Crippen MR) is 103 cm³/mol. The van der Waals surface area contributed by atoms with Gasteiger partial charge in [0.2, 0.25) is 5.91 Å². The molecule has 3 rings (SSSR count). The highest BCUT2D eigenvalue weighted by Crippen LogP contribution is 2.19. The number of para-hydroxylation sites is 1. The number of carbonyl (C=O) groups excluding carboxylic acids is 2. The lowest BCUT2D eigenvalue weighted by molar-refractivity contribution is -0.115. The summed E-state index contributed by atoms with van der Waals surface area (Å²) in [7, 11) is 1.74. The van der Waals surface area contributed by atoms with Crippen molar-refractivity contribution in [3.05, 3.63) is 64.5 Å². The Bertz CT molecular complexity index is 888. The maximum Gasteiger partial charge on any atom is 0.274 e. The summed E-state index contributed by atoms with van der Waals surface area (Å²) in [5, 5.41) is 9.23. The van der Waals surface area contributed by atoms with Crippen molar-refractivity contribution in [3.63, 3.8) is 0 Å². The lowest BCUT2D eigenvalue weighted by Crippen LogP contribution is -2.26. The lowest BCUT2D eigenvalue weighted by atomic mass is 10.3. The minimum atomic E-state index is -0.194. The molecule has 134 valence electrons. The number of nitrogens with one attached hydrogen (secondary N) is 1. The molecule has 0 spiro atoms. The summed E-state index contributed by atoms with van der Waals surface area (Å²) in [5.74, 6) is 0.157. The van der Waals surface area contributed by atoms with Crippen LogP contribution in [-0.2, 0) is 11.3 Å². The van der Waals surface area contributed by atoms with Crippen LogP contribution >= 0.6 is 11.3 Å². The van der Waals surface area contributed by atoms with Crippen molar-refractivity contribution in [2.24, 2.45) is 0 Å². The lowest BCUT2D eigenvalue weighted by Gasteiger charge is -2.14. The van der Waals surface area contributed by atoms with Crippen LogP contribution in [0.4, 0.5) is 5.82 Å². The Kier molecular flexibility index (Phi) is 5.48. The summed E-state index contributed by atoms with van der Waals surface area (Å²) >= 11 is 1.60. The molecule has 0 saturated carbocycles. The number of nitrogens with zero attached hydrogens (tertiary/aromatic N) is 3. The van der Waals surface area contributed by atoms with E-state index in [1.165, 1.54) is 0 Å². The average Bonchev–Trinajstić information content (AvgIpc) is 3.31. The van der Waals surface area contributed by atoms with Gasteiger partial charge in [-0.3, -0.25) is 9.59 Å². The Morgan fingerprint density at radius 1 is 1.19 bits per heavy atom. The van der Waals surface area contributed by atoms with E-state index in [-0.39, 0.29) is 11.8 Å². The number of hydrogen-bond donors (Lipinski definition) is 1. The topological polar surface area (TPSA) is 67.2 Å². The minimum Gasteiger partial charge on any atom is -0.335 e. The normalized spacial score (nSPS) is 10.5. The average molecular weight is 368 g/mol. The van der Waals surface area contributed by atoms with Crippen molar-refractivity contribution in [2.45, 2.75) is 19.9 Å². The van der Waals surface area contributed by atoms with E-state index in [4.69, 9.17) is 0 Å². The zero-order chi connectivity index (χ0) is 18.5. The number of aromatic nitrogens is 2. The van der Waals surface area contributed by atoms with E-state index in [1.54, 1.807) is 41.0 Å². The molecule has 7 heteroatoms. The smallest absolute Gasteiger partial charge is 0.274 e. The third-order valence-corrected chi connectivity index (χ3v) is 4.70. The molecule has 1 N–H and O–H groups in total.